The third kappa shape index (κ3) is 11.4. The fraction of sp³-hybridized carbons (Fsp3) is 0.795. The zero-order valence-electron chi connectivity index (χ0n) is 28.4. The van der Waals surface area contributed by atoms with Crippen molar-refractivity contribution in [2.45, 2.75) is 160 Å². The van der Waals surface area contributed by atoms with E-state index in [1.54, 1.807) is 76.3 Å². The van der Waals surface area contributed by atoms with Crippen molar-refractivity contribution in [1.82, 2.24) is 0 Å². The molecule has 1 radical (unpaired) electrons. The Bertz CT molecular complexity index is 976. The van der Waals surface area contributed by atoms with Crippen LogP contribution in [0.3, 0.4) is 0 Å². The Morgan fingerprint density at radius 2 is 1.15 bits per heavy atom. The molecule has 3 aliphatic heterocycles. The summed E-state index contributed by atoms with van der Waals surface area (Å²) in [7, 11) is 0. The Kier molecular flexibility index (Phi) is 16.0. The van der Waals surface area contributed by atoms with Gasteiger partial charge in [-0.2, -0.15) is 0 Å². The van der Waals surface area contributed by atoms with Gasteiger partial charge in [0.05, 0.1) is 0 Å². The van der Waals surface area contributed by atoms with E-state index in [0.717, 1.165) is 43.7 Å². The SMILES string of the molecule is C1CC[CH]([Bi][CH]2CCCCC2)CC1.OC1CCCC2CCC[N-]C12.OC1CCCC2CCC[N-]C12.[O-]c1cccc2c1NCC=C2. The number of anilines is 1. The molecule has 3 heterocycles. The molecule has 6 unspecified atom stereocenters. The molecule has 4 aliphatic carbocycles. The molecule has 4 saturated carbocycles. The van der Waals surface area contributed by atoms with E-state index < -0.39 is 0 Å². The van der Waals surface area contributed by atoms with Gasteiger partial charge in [0, 0.05) is 24.4 Å². The van der Waals surface area contributed by atoms with Crippen LogP contribution in [0.25, 0.3) is 16.7 Å². The fourth-order valence-electron chi connectivity index (χ4n) is 8.83. The summed E-state index contributed by atoms with van der Waals surface area (Å²) in [5.41, 5.74) is 1.72. The second-order valence-corrected chi connectivity index (χ2v) is 21.7. The summed E-state index contributed by atoms with van der Waals surface area (Å²) < 4.78 is 2.61. The van der Waals surface area contributed by atoms with E-state index in [-0.39, 0.29) is 41.2 Å². The zero-order chi connectivity index (χ0) is 32.0. The van der Waals surface area contributed by atoms with Crippen molar-refractivity contribution in [1.29, 1.82) is 0 Å². The minimum atomic E-state index is -0.117. The van der Waals surface area contributed by atoms with Gasteiger partial charge in [-0.05, 0) is 18.4 Å². The van der Waals surface area contributed by atoms with Crippen LogP contribution in [0.15, 0.2) is 24.3 Å². The van der Waals surface area contributed by atoms with E-state index in [9.17, 15) is 15.3 Å². The molecule has 1 aromatic carbocycles. The molecule has 2 saturated heterocycles. The molecular formula is C39H62BiN3O3-3. The first-order valence-electron chi connectivity index (χ1n) is 19.2. The van der Waals surface area contributed by atoms with Crippen molar-refractivity contribution < 1.29 is 15.3 Å². The second-order valence-electron chi connectivity index (χ2n) is 14.8. The van der Waals surface area contributed by atoms with Crippen LogP contribution in [-0.4, -0.2) is 77.4 Å². The number of rotatable bonds is 2. The number of benzene rings is 1. The molecule has 6 nitrogen and oxygen atoms in total. The van der Waals surface area contributed by atoms with Gasteiger partial charge in [-0.3, -0.25) is 0 Å². The molecule has 6 atom stereocenters. The van der Waals surface area contributed by atoms with E-state index in [1.165, 1.54) is 58.6 Å². The van der Waals surface area contributed by atoms with E-state index in [0.29, 0.717) is 23.9 Å². The standard InChI is InChI=1S/2C9H16NO.C9H9NO.2C6H11.Bi/c3*11-8-5-1-3-7-4-2-6-10-9(7)8;2*1-2-4-6-5-3-1;/h2*7-9,11H,1-6H2;1-5,10-11H,6H2;2*1H,2-6H2;/q2*-1;;;;/p-1. The molecule has 0 aromatic heterocycles. The quantitative estimate of drug-likeness (QED) is 0.260. The number of para-hydroxylation sites is 1. The summed E-state index contributed by atoms with van der Waals surface area (Å²) in [4.78, 5) is 0. The summed E-state index contributed by atoms with van der Waals surface area (Å²) in [6.07, 6.45) is 31.7. The first-order valence-corrected chi connectivity index (χ1v) is 23.2. The molecule has 0 bridgehead atoms. The van der Waals surface area contributed by atoms with Crippen LogP contribution < -0.4 is 10.4 Å². The number of fused-ring (bicyclic) bond motifs is 3. The summed E-state index contributed by atoms with van der Waals surface area (Å²) in [6, 6.07) is 5.89. The van der Waals surface area contributed by atoms with Gasteiger partial charge in [0.1, 0.15) is 0 Å². The largest absolute Gasteiger partial charge is 0.871 e. The Morgan fingerprint density at radius 1 is 0.630 bits per heavy atom. The molecule has 0 spiro atoms. The topological polar surface area (TPSA) is 104 Å². The molecule has 8 rings (SSSR count). The molecule has 46 heavy (non-hydrogen) atoms. The molecular weight excluding hydrogens is 767 g/mol. The minimum Gasteiger partial charge on any atom is -0.871 e. The molecule has 3 N–H and O–H groups in total. The minimum absolute atomic E-state index is 0.0593. The zero-order valence-corrected chi connectivity index (χ0v) is 31.9. The van der Waals surface area contributed by atoms with Crippen molar-refractivity contribution in [3.8, 4) is 5.75 Å². The smallest absolute Gasteiger partial charge is 0.0383 e. The third-order valence-corrected chi connectivity index (χ3v) is 18.7. The monoisotopic (exact) mass is 829 g/mol. The van der Waals surface area contributed by atoms with Crippen molar-refractivity contribution in [3.05, 3.63) is 40.5 Å². The number of nitrogens with zero attached hydrogens (tertiary/aromatic N) is 2. The second kappa shape index (κ2) is 20.1. The van der Waals surface area contributed by atoms with Gasteiger partial charge in [-0.15, -0.1) is 25.2 Å². The van der Waals surface area contributed by atoms with Crippen LogP contribution >= 0.6 is 0 Å². The van der Waals surface area contributed by atoms with E-state index in [4.69, 9.17) is 0 Å². The maximum atomic E-state index is 11.2. The van der Waals surface area contributed by atoms with Crippen molar-refractivity contribution >= 4 is 35.0 Å². The molecule has 0 amide bonds. The fourth-order valence-corrected chi connectivity index (χ4v) is 16.3. The predicted octanol–water partition coefficient (Wildman–Crippen LogP) is 8.76. The maximum Gasteiger partial charge on any atom is 0.0383 e. The molecule has 1 aromatic rings. The first-order chi connectivity index (χ1) is 22.6. The van der Waals surface area contributed by atoms with Gasteiger partial charge < -0.3 is 31.3 Å². The Labute approximate surface area is 291 Å². The van der Waals surface area contributed by atoms with Crippen LogP contribution in [-0.2, 0) is 0 Å². The number of hydrogen-bond donors (Lipinski definition) is 3. The number of aliphatic hydroxyl groups is 2. The van der Waals surface area contributed by atoms with E-state index in [1.807, 2.05) is 18.2 Å². The van der Waals surface area contributed by atoms with Gasteiger partial charge in [0.15, 0.2) is 0 Å². The van der Waals surface area contributed by atoms with Crippen LogP contribution in [0.4, 0.5) is 5.69 Å². The summed E-state index contributed by atoms with van der Waals surface area (Å²) in [5.74, 6) is 1.51. The summed E-state index contributed by atoms with van der Waals surface area (Å²) in [6.45, 7) is 2.72. The third-order valence-electron chi connectivity index (χ3n) is 11.4. The van der Waals surface area contributed by atoms with Crippen LogP contribution in [0, 0.1) is 11.8 Å². The molecule has 7 aliphatic rings. The number of hydrogen-bond acceptors (Lipinski definition) is 4. The molecule has 7 heteroatoms. The predicted molar refractivity (Wildman–Crippen MR) is 192 cm³/mol. The van der Waals surface area contributed by atoms with Crippen molar-refractivity contribution in [2.75, 3.05) is 25.0 Å². The number of aliphatic hydroxyl groups excluding tert-OH is 2. The summed E-state index contributed by atoms with van der Waals surface area (Å²) in [5, 5.41) is 42.4. The Morgan fingerprint density at radius 3 is 1.65 bits per heavy atom. The number of nitrogens with one attached hydrogen (secondary N) is 1. The van der Waals surface area contributed by atoms with Crippen LogP contribution in [0.5, 0.6) is 5.75 Å². The average Bonchev–Trinajstić information content (AvgIpc) is 3.11. The molecule has 259 valence electrons. The first kappa shape index (κ1) is 36.6. The van der Waals surface area contributed by atoms with Crippen LogP contribution in [0.2, 0.25) is 7.25 Å². The average molecular weight is 830 g/mol. The Balaban J connectivity index is 0.000000121. The normalized spacial score (nSPS) is 32.7. The van der Waals surface area contributed by atoms with Crippen LogP contribution in [0.1, 0.15) is 134 Å². The van der Waals surface area contributed by atoms with Gasteiger partial charge >= 0.3 is 94.7 Å². The van der Waals surface area contributed by atoms with E-state index >= 15 is 0 Å². The van der Waals surface area contributed by atoms with Crippen molar-refractivity contribution in [2.24, 2.45) is 11.8 Å². The maximum absolute atomic E-state index is 11.2. The van der Waals surface area contributed by atoms with Gasteiger partial charge in [-0.25, -0.2) is 0 Å². The van der Waals surface area contributed by atoms with Gasteiger partial charge in [0.2, 0.25) is 0 Å². The summed E-state index contributed by atoms with van der Waals surface area (Å²) >= 11 is -0.0593. The molecule has 6 fully saturated rings. The number of piperidine rings is 2. The Hall–Kier alpha value is -0.717. The van der Waals surface area contributed by atoms with Gasteiger partial charge in [-0.1, -0.05) is 99.3 Å². The van der Waals surface area contributed by atoms with Crippen molar-refractivity contribution in [3.63, 3.8) is 0 Å². The van der Waals surface area contributed by atoms with Gasteiger partial charge in [0.25, 0.3) is 0 Å². The van der Waals surface area contributed by atoms with E-state index in [2.05, 4.69) is 16.0 Å².